The molecule has 0 saturated carbocycles. The Morgan fingerprint density at radius 2 is 1.61 bits per heavy atom. The molecule has 0 amide bonds. The summed E-state index contributed by atoms with van der Waals surface area (Å²) in [6.07, 6.45) is 1.70. The maximum absolute atomic E-state index is 5.35. The molecule has 4 rings (SSSR count). The van der Waals surface area contributed by atoms with E-state index in [1.807, 2.05) is 84.9 Å². The van der Waals surface area contributed by atoms with Crippen LogP contribution in [0.4, 0.5) is 5.69 Å². The summed E-state index contributed by atoms with van der Waals surface area (Å²) < 4.78 is 10.6. The van der Waals surface area contributed by atoms with Gasteiger partial charge in [0.15, 0.2) is 17.3 Å². The van der Waals surface area contributed by atoms with Crippen molar-refractivity contribution in [1.82, 2.24) is 10.4 Å². The summed E-state index contributed by atoms with van der Waals surface area (Å²) in [5, 5.41) is 5.45. The van der Waals surface area contributed by atoms with Gasteiger partial charge in [-0.25, -0.2) is 9.98 Å². The van der Waals surface area contributed by atoms with E-state index in [1.165, 1.54) is 0 Å². The fourth-order valence-electron chi connectivity index (χ4n) is 3.07. The van der Waals surface area contributed by atoms with E-state index in [4.69, 9.17) is 19.5 Å². The Morgan fingerprint density at radius 1 is 0.839 bits per heavy atom. The first-order chi connectivity index (χ1) is 15.3. The molecule has 0 bridgehead atoms. The number of nitrogens with zero attached hydrogens (tertiary/aromatic N) is 3. The van der Waals surface area contributed by atoms with Gasteiger partial charge in [0.2, 0.25) is 0 Å². The van der Waals surface area contributed by atoms with Gasteiger partial charge < -0.3 is 9.47 Å². The second-order valence-corrected chi connectivity index (χ2v) is 6.67. The van der Waals surface area contributed by atoms with Gasteiger partial charge >= 0.3 is 0 Å². The van der Waals surface area contributed by atoms with Crippen molar-refractivity contribution >= 4 is 28.6 Å². The van der Waals surface area contributed by atoms with Crippen molar-refractivity contribution in [2.45, 2.75) is 0 Å². The van der Waals surface area contributed by atoms with Crippen molar-refractivity contribution in [2.24, 2.45) is 10.1 Å². The zero-order chi connectivity index (χ0) is 21.5. The Labute approximate surface area is 180 Å². The van der Waals surface area contributed by atoms with Crippen LogP contribution < -0.4 is 14.9 Å². The minimum atomic E-state index is 0.550. The second kappa shape index (κ2) is 9.54. The molecule has 1 N–H and O–H groups in total. The summed E-state index contributed by atoms with van der Waals surface area (Å²) in [6, 6.07) is 27.2. The number of hydrazone groups is 1. The average molecular weight is 410 g/mol. The van der Waals surface area contributed by atoms with Crippen LogP contribution in [0.3, 0.4) is 0 Å². The normalized spacial score (nSPS) is 11.6. The number of aromatic nitrogens is 1. The Bertz CT molecular complexity index is 1240. The maximum Gasteiger partial charge on any atom is 0.173 e. The lowest BCUT2D eigenvalue weighted by Crippen LogP contribution is -2.20. The van der Waals surface area contributed by atoms with E-state index >= 15 is 0 Å². The highest BCUT2D eigenvalue weighted by Gasteiger charge is 2.07. The molecule has 6 nitrogen and oxygen atoms in total. The summed E-state index contributed by atoms with van der Waals surface area (Å²) >= 11 is 0. The molecule has 1 aromatic heterocycles. The van der Waals surface area contributed by atoms with Crippen LogP contribution in [0.15, 0.2) is 95.0 Å². The predicted molar refractivity (Wildman–Crippen MR) is 125 cm³/mol. The van der Waals surface area contributed by atoms with Crippen molar-refractivity contribution < 1.29 is 9.47 Å². The molecule has 0 aliphatic carbocycles. The highest BCUT2D eigenvalue weighted by Crippen LogP contribution is 2.26. The molecule has 6 heteroatoms. The van der Waals surface area contributed by atoms with Gasteiger partial charge in [0, 0.05) is 5.39 Å². The molecule has 1 heterocycles. The molecule has 0 aliphatic rings. The molecule has 0 atom stereocenters. The van der Waals surface area contributed by atoms with Crippen LogP contribution >= 0.6 is 0 Å². The molecule has 0 fully saturated rings. The molecule has 3 aromatic carbocycles. The van der Waals surface area contributed by atoms with Gasteiger partial charge in [-0.3, -0.25) is 5.43 Å². The van der Waals surface area contributed by atoms with Crippen LogP contribution in [-0.2, 0) is 0 Å². The first kappa shape index (κ1) is 20.1. The van der Waals surface area contributed by atoms with Crippen LogP contribution in [0.1, 0.15) is 11.3 Å². The number of aliphatic imine (C=N–C) groups is 1. The van der Waals surface area contributed by atoms with Gasteiger partial charge in [-0.2, -0.15) is 5.10 Å². The summed E-state index contributed by atoms with van der Waals surface area (Å²) in [4.78, 5) is 9.46. The van der Waals surface area contributed by atoms with Crippen LogP contribution in [-0.4, -0.2) is 31.3 Å². The number of amidine groups is 1. The minimum absolute atomic E-state index is 0.550. The van der Waals surface area contributed by atoms with Gasteiger partial charge in [-0.1, -0.05) is 42.5 Å². The zero-order valence-corrected chi connectivity index (χ0v) is 17.3. The Morgan fingerprint density at radius 3 is 2.42 bits per heavy atom. The van der Waals surface area contributed by atoms with Crippen molar-refractivity contribution in [3.05, 3.63) is 96.2 Å². The Hall–Kier alpha value is -4.19. The summed E-state index contributed by atoms with van der Waals surface area (Å²) in [5.74, 6) is 1.86. The summed E-state index contributed by atoms with van der Waals surface area (Å²) in [6.45, 7) is 0. The van der Waals surface area contributed by atoms with E-state index in [0.29, 0.717) is 23.0 Å². The predicted octanol–water partition coefficient (Wildman–Crippen LogP) is 4.95. The van der Waals surface area contributed by atoms with Crippen LogP contribution in [0.25, 0.3) is 10.9 Å². The van der Waals surface area contributed by atoms with Crippen molar-refractivity contribution in [3.63, 3.8) is 0 Å². The third-order valence-corrected chi connectivity index (χ3v) is 4.63. The number of ether oxygens (including phenoxy) is 2. The second-order valence-electron chi connectivity index (χ2n) is 6.67. The van der Waals surface area contributed by atoms with Gasteiger partial charge in [0.1, 0.15) is 5.69 Å². The average Bonchev–Trinajstić information content (AvgIpc) is 2.83. The molecular formula is C25H22N4O2. The third kappa shape index (κ3) is 4.87. The van der Waals surface area contributed by atoms with Crippen molar-refractivity contribution in [1.29, 1.82) is 0 Å². The number of methoxy groups -OCH3 is 2. The zero-order valence-electron chi connectivity index (χ0n) is 17.3. The third-order valence-electron chi connectivity index (χ3n) is 4.63. The number of para-hydroxylation sites is 2. The SMILES string of the molecule is COc1ccc(C=NNC(=Nc2ccccc2)c2ccc3ccccc3n2)cc1OC. The monoisotopic (exact) mass is 410 g/mol. The highest BCUT2D eigenvalue weighted by atomic mass is 16.5. The Balaban J connectivity index is 1.65. The van der Waals surface area contributed by atoms with Crippen LogP contribution in [0.2, 0.25) is 0 Å². The summed E-state index contributed by atoms with van der Waals surface area (Å²) in [7, 11) is 3.21. The van der Waals surface area contributed by atoms with Crippen molar-refractivity contribution in [2.75, 3.05) is 14.2 Å². The smallest absolute Gasteiger partial charge is 0.173 e. The molecular weight excluding hydrogens is 388 g/mol. The Kier molecular flexibility index (Phi) is 6.18. The minimum Gasteiger partial charge on any atom is -0.493 e. The van der Waals surface area contributed by atoms with Gasteiger partial charge in [0.25, 0.3) is 0 Å². The number of fused-ring (bicyclic) bond motifs is 1. The lowest BCUT2D eigenvalue weighted by atomic mass is 10.2. The number of pyridine rings is 1. The molecule has 31 heavy (non-hydrogen) atoms. The van der Waals surface area contributed by atoms with E-state index in [2.05, 4.69) is 10.5 Å². The topological polar surface area (TPSA) is 68.1 Å². The lowest BCUT2D eigenvalue weighted by molar-refractivity contribution is 0.355. The fraction of sp³-hybridized carbons (Fsp3) is 0.0800. The number of hydrogen-bond donors (Lipinski definition) is 1. The van der Waals surface area contributed by atoms with Crippen molar-refractivity contribution in [3.8, 4) is 11.5 Å². The largest absolute Gasteiger partial charge is 0.493 e. The standard InChI is InChI=1S/C25H22N4O2/c1-30-23-15-12-18(16-24(23)31-2)17-26-29-25(27-20-9-4-3-5-10-20)22-14-13-19-8-6-7-11-21(19)28-22/h3-17H,1-2H3,(H,27,29). The maximum atomic E-state index is 5.35. The van der Waals surface area contributed by atoms with Crippen LogP contribution in [0, 0.1) is 0 Å². The molecule has 0 radical (unpaired) electrons. The highest BCUT2D eigenvalue weighted by molar-refractivity contribution is 6.00. The molecule has 0 spiro atoms. The van der Waals surface area contributed by atoms with E-state index in [1.54, 1.807) is 20.4 Å². The van der Waals surface area contributed by atoms with E-state index in [-0.39, 0.29) is 0 Å². The molecule has 0 aliphatic heterocycles. The van der Waals surface area contributed by atoms with E-state index in [0.717, 1.165) is 22.2 Å². The first-order valence-electron chi connectivity index (χ1n) is 9.78. The van der Waals surface area contributed by atoms with E-state index in [9.17, 15) is 0 Å². The van der Waals surface area contributed by atoms with E-state index < -0.39 is 0 Å². The van der Waals surface area contributed by atoms with Gasteiger partial charge in [-0.15, -0.1) is 0 Å². The number of benzene rings is 3. The molecule has 0 unspecified atom stereocenters. The quantitative estimate of drug-likeness (QED) is 0.277. The molecule has 4 aromatic rings. The molecule has 154 valence electrons. The summed E-state index contributed by atoms with van der Waals surface area (Å²) in [5.41, 5.74) is 6.31. The first-order valence-corrected chi connectivity index (χ1v) is 9.78. The number of nitrogens with one attached hydrogen (secondary N) is 1. The lowest BCUT2D eigenvalue weighted by Gasteiger charge is -2.08. The fourth-order valence-corrected chi connectivity index (χ4v) is 3.07. The van der Waals surface area contributed by atoms with Crippen LogP contribution in [0.5, 0.6) is 11.5 Å². The van der Waals surface area contributed by atoms with Gasteiger partial charge in [0.05, 0.1) is 31.6 Å². The molecule has 0 saturated heterocycles. The number of rotatable bonds is 6. The number of hydrogen-bond acceptors (Lipinski definition) is 5. The van der Waals surface area contributed by atoms with Gasteiger partial charge in [-0.05, 0) is 48.0 Å².